The summed E-state index contributed by atoms with van der Waals surface area (Å²) in [6.45, 7) is 5.83. The first kappa shape index (κ1) is 13.3. The first-order valence-corrected chi connectivity index (χ1v) is 5.54. The van der Waals surface area contributed by atoms with Gasteiger partial charge in [-0.2, -0.15) is 0 Å². The molecule has 0 amide bonds. The van der Waals surface area contributed by atoms with Gasteiger partial charge in [-0.05, 0) is 24.6 Å². The third-order valence-corrected chi connectivity index (χ3v) is 2.62. The van der Waals surface area contributed by atoms with E-state index in [4.69, 9.17) is 9.47 Å². The van der Waals surface area contributed by atoms with Crippen LogP contribution in [0.1, 0.15) is 30.1 Å². The van der Waals surface area contributed by atoms with Gasteiger partial charge in [0.25, 0.3) is 0 Å². The van der Waals surface area contributed by atoms with Crippen LogP contribution in [-0.2, 0) is 0 Å². The molecule has 0 aliphatic carbocycles. The summed E-state index contributed by atoms with van der Waals surface area (Å²) in [5, 5.41) is 0. The number of hydrogen-bond acceptors (Lipinski definition) is 3. The Labute approximate surface area is 102 Å². The molecule has 1 aromatic carbocycles. The number of hydrogen-bond donors (Lipinski definition) is 0. The molecule has 1 aromatic rings. The van der Waals surface area contributed by atoms with E-state index in [0.29, 0.717) is 23.5 Å². The van der Waals surface area contributed by atoms with Crippen LogP contribution in [0.3, 0.4) is 0 Å². The summed E-state index contributed by atoms with van der Waals surface area (Å²) in [7, 11) is 3.12. The van der Waals surface area contributed by atoms with E-state index in [1.165, 1.54) is 0 Å². The molecule has 3 nitrogen and oxygen atoms in total. The van der Waals surface area contributed by atoms with Crippen molar-refractivity contribution >= 4 is 5.78 Å². The number of carbonyl (C=O) groups is 1. The van der Waals surface area contributed by atoms with Gasteiger partial charge in [0.1, 0.15) is 11.5 Å². The zero-order valence-corrected chi connectivity index (χ0v) is 10.6. The predicted molar refractivity (Wildman–Crippen MR) is 67.9 cm³/mol. The maximum atomic E-state index is 12.1. The van der Waals surface area contributed by atoms with Gasteiger partial charge in [-0.3, -0.25) is 4.79 Å². The number of carbonyl (C=O) groups excluding carboxylic acids is 1. The second-order valence-corrected chi connectivity index (χ2v) is 3.77. The second kappa shape index (κ2) is 6.09. The summed E-state index contributed by atoms with van der Waals surface area (Å²) in [5.41, 5.74) is 1.46. The van der Waals surface area contributed by atoms with Crippen LogP contribution in [0.2, 0.25) is 0 Å². The van der Waals surface area contributed by atoms with Gasteiger partial charge in [-0.25, -0.2) is 0 Å². The average molecular weight is 234 g/mol. The monoisotopic (exact) mass is 234 g/mol. The minimum absolute atomic E-state index is 0.00704. The summed E-state index contributed by atoms with van der Waals surface area (Å²) < 4.78 is 10.3. The van der Waals surface area contributed by atoms with Gasteiger partial charge < -0.3 is 9.47 Å². The molecule has 0 atom stereocenters. The summed E-state index contributed by atoms with van der Waals surface area (Å²) >= 11 is 0. The van der Waals surface area contributed by atoms with Crippen molar-refractivity contribution in [3.8, 4) is 11.5 Å². The third kappa shape index (κ3) is 3.34. The van der Waals surface area contributed by atoms with E-state index in [-0.39, 0.29) is 5.78 Å². The summed E-state index contributed by atoms with van der Waals surface area (Å²) in [6.07, 6.45) is 1.15. The van der Waals surface area contributed by atoms with Crippen molar-refractivity contribution in [3.05, 3.63) is 35.9 Å². The van der Waals surface area contributed by atoms with E-state index in [1.54, 1.807) is 32.4 Å². The Balaban J connectivity index is 3.01. The minimum Gasteiger partial charge on any atom is -0.497 e. The molecule has 0 fully saturated rings. The summed E-state index contributed by atoms with van der Waals surface area (Å²) in [5.74, 6) is 1.23. The Morgan fingerprint density at radius 1 is 1.29 bits per heavy atom. The molecule has 0 aromatic heterocycles. The van der Waals surface area contributed by atoms with Gasteiger partial charge in [0.2, 0.25) is 0 Å². The highest BCUT2D eigenvalue weighted by Crippen LogP contribution is 2.26. The number of allylic oxidation sites excluding steroid dienone is 1. The maximum absolute atomic E-state index is 12.1. The van der Waals surface area contributed by atoms with Crippen LogP contribution in [0, 0.1) is 0 Å². The lowest BCUT2D eigenvalue weighted by atomic mass is 10.0. The SMILES string of the molecule is C=C(CC)CC(=O)c1cc(OC)ccc1OC. The highest BCUT2D eigenvalue weighted by Gasteiger charge is 2.14. The van der Waals surface area contributed by atoms with E-state index < -0.39 is 0 Å². The Kier molecular flexibility index (Phi) is 4.76. The molecule has 0 spiro atoms. The van der Waals surface area contributed by atoms with Crippen LogP contribution in [0.25, 0.3) is 0 Å². The number of rotatable bonds is 6. The van der Waals surface area contributed by atoms with Crippen LogP contribution >= 0.6 is 0 Å². The van der Waals surface area contributed by atoms with Crippen LogP contribution in [0.4, 0.5) is 0 Å². The molecule has 0 saturated carbocycles. The van der Waals surface area contributed by atoms with Gasteiger partial charge in [-0.1, -0.05) is 19.1 Å². The van der Waals surface area contributed by atoms with Crippen LogP contribution in [-0.4, -0.2) is 20.0 Å². The van der Waals surface area contributed by atoms with Gasteiger partial charge in [0.05, 0.1) is 19.8 Å². The fourth-order valence-corrected chi connectivity index (χ4v) is 1.48. The lowest BCUT2D eigenvalue weighted by Gasteiger charge is -2.10. The van der Waals surface area contributed by atoms with Crippen LogP contribution < -0.4 is 9.47 Å². The number of Topliss-reactive ketones (excluding diaryl/α,β-unsaturated/α-hetero) is 1. The highest BCUT2D eigenvalue weighted by molar-refractivity contribution is 6.00. The van der Waals surface area contributed by atoms with Gasteiger partial charge in [0, 0.05) is 6.42 Å². The predicted octanol–water partition coefficient (Wildman–Crippen LogP) is 3.24. The average Bonchev–Trinajstić information content (AvgIpc) is 2.37. The molecule has 0 N–H and O–H groups in total. The van der Waals surface area contributed by atoms with Gasteiger partial charge >= 0.3 is 0 Å². The van der Waals surface area contributed by atoms with Crippen molar-refractivity contribution in [3.63, 3.8) is 0 Å². The number of ether oxygens (including phenoxy) is 2. The number of benzene rings is 1. The third-order valence-electron chi connectivity index (χ3n) is 2.62. The number of ketones is 1. The fourth-order valence-electron chi connectivity index (χ4n) is 1.48. The topological polar surface area (TPSA) is 35.5 Å². The van der Waals surface area contributed by atoms with E-state index in [2.05, 4.69) is 6.58 Å². The Morgan fingerprint density at radius 2 is 2.00 bits per heavy atom. The van der Waals surface area contributed by atoms with Crippen molar-refractivity contribution < 1.29 is 14.3 Å². The molecule has 0 bridgehead atoms. The van der Waals surface area contributed by atoms with Gasteiger partial charge in [-0.15, -0.1) is 0 Å². The zero-order valence-electron chi connectivity index (χ0n) is 10.6. The second-order valence-electron chi connectivity index (χ2n) is 3.77. The van der Waals surface area contributed by atoms with Crippen molar-refractivity contribution in [1.29, 1.82) is 0 Å². The van der Waals surface area contributed by atoms with E-state index in [9.17, 15) is 4.79 Å². The largest absolute Gasteiger partial charge is 0.497 e. The van der Waals surface area contributed by atoms with Crippen LogP contribution in [0.5, 0.6) is 11.5 Å². The lowest BCUT2D eigenvalue weighted by molar-refractivity contribution is 0.0989. The van der Waals surface area contributed by atoms with Crippen molar-refractivity contribution in [2.24, 2.45) is 0 Å². The smallest absolute Gasteiger partial charge is 0.170 e. The van der Waals surface area contributed by atoms with Gasteiger partial charge in [0.15, 0.2) is 5.78 Å². The van der Waals surface area contributed by atoms with E-state index in [0.717, 1.165) is 12.0 Å². The molecule has 0 saturated heterocycles. The molecule has 17 heavy (non-hydrogen) atoms. The molecule has 3 heteroatoms. The summed E-state index contributed by atoms with van der Waals surface area (Å²) in [4.78, 5) is 12.1. The normalized spacial score (nSPS) is 9.82. The van der Waals surface area contributed by atoms with Crippen molar-refractivity contribution in [2.45, 2.75) is 19.8 Å². The summed E-state index contributed by atoms with van der Waals surface area (Å²) in [6, 6.07) is 5.20. The van der Waals surface area contributed by atoms with Crippen molar-refractivity contribution in [1.82, 2.24) is 0 Å². The molecule has 0 unspecified atom stereocenters. The molecule has 1 rings (SSSR count). The van der Waals surface area contributed by atoms with E-state index >= 15 is 0 Å². The quantitative estimate of drug-likeness (QED) is 0.560. The molecular weight excluding hydrogens is 216 g/mol. The first-order chi connectivity index (χ1) is 8.12. The maximum Gasteiger partial charge on any atom is 0.170 e. The Hall–Kier alpha value is -1.77. The molecule has 92 valence electrons. The minimum atomic E-state index is 0.00704. The van der Waals surface area contributed by atoms with Crippen LogP contribution in [0.15, 0.2) is 30.4 Å². The van der Waals surface area contributed by atoms with E-state index in [1.807, 2.05) is 6.92 Å². The fraction of sp³-hybridized carbons (Fsp3) is 0.357. The highest BCUT2D eigenvalue weighted by atomic mass is 16.5. The molecular formula is C14H18O3. The molecule has 0 aliphatic heterocycles. The van der Waals surface area contributed by atoms with Crippen molar-refractivity contribution in [2.75, 3.05) is 14.2 Å². The molecule has 0 aliphatic rings. The Morgan fingerprint density at radius 3 is 2.53 bits per heavy atom. The number of methoxy groups -OCH3 is 2. The Bertz CT molecular complexity index is 421. The molecule has 0 heterocycles. The standard InChI is InChI=1S/C14H18O3/c1-5-10(2)8-13(15)12-9-11(16-3)6-7-14(12)17-4/h6-7,9H,2,5,8H2,1,3-4H3. The molecule has 0 radical (unpaired) electrons. The zero-order chi connectivity index (χ0) is 12.8. The first-order valence-electron chi connectivity index (χ1n) is 5.54. The lowest BCUT2D eigenvalue weighted by Crippen LogP contribution is -2.03.